The molecule has 0 spiro atoms. The van der Waals surface area contributed by atoms with Crippen LogP contribution in [0.3, 0.4) is 0 Å². The highest BCUT2D eigenvalue weighted by atomic mass is 14.0. The largest absolute Gasteiger partial charge is 0.103 e. The summed E-state index contributed by atoms with van der Waals surface area (Å²) in [7, 11) is 0. The Morgan fingerprint density at radius 2 is 0.367 bits per heavy atom. The van der Waals surface area contributed by atoms with Crippen molar-refractivity contribution in [2.45, 2.75) is 167 Å². The minimum Gasteiger partial charge on any atom is -0.103 e. The molecule has 0 saturated heterocycles. The maximum atomic E-state index is 3.79. The van der Waals surface area contributed by atoms with E-state index < -0.39 is 0 Å². The van der Waals surface area contributed by atoms with Crippen molar-refractivity contribution in [3.63, 3.8) is 0 Å². The molecule has 0 aromatic carbocycles. The Morgan fingerprint density at radius 1 is 0.233 bits per heavy atom. The maximum absolute atomic E-state index is 3.79. The lowest BCUT2D eigenvalue weighted by Crippen LogP contribution is -1.84. The highest BCUT2D eigenvalue weighted by molar-refractivity contribution is 4.66. The van der Waals surface area contributed by atoms with Gasteiger partial charge in [0.1, 0.15) is 0 Å². The third kappa shape index (κ3) is 27.5. The van der Waals surface area contributed by atoms with Gasteiger partial charge in [-0.15, -0.1) is 13.2 Å². The van der Waals surface area contributed by atoms with Crippen molar-refractivity contribution in [2.24, 2.45) is 0 Å². The first kappa shape index (κ1) is 29.5. The molecule has 0 heterocycles. The number of hydrogen-bond donors (Lipinski definition) is 0. The number of unbranched alkanes of at least 4 members (excludes halogenated alkanes) is 25. The molecule has 0 N–H and O–H groups in total. The lowest BCUT2D eigenvalue weighted by molar-refractivity contribution is 0.516. The van der Waals surface area contributed by atoms with Crippen molar-refractivity contribution >= 4 is 0 Å². The molecule has 0 fully saturated rings. The van der Waals surface area contributed by atoms with Crippen molar-refractivity contribution in [3.8, 4) is 0 Å². The van der Waals surface area contributed by atoms with Gasteiger partial charge < -0.3 is 0 Å². The molecule has 0 radical (unpaired) electrons. The van der Waals surface area contributed by atoms with Gasteiger partial charge in [-0.1, -0.05) is 153 Å². The second-order valence-electron chi connectivity index (χ2n) is 9.64. The number of allylic oxidation sites excluding steroid dienone is 2. The van der Waals surface area contributed by atoms with Crippen molar-refractivity contribution < 1.29 is 0 Å². The van der Waals surface area contributed by atoms with E-state index >= 15 is 0 Å². The molecule has 0 aliphatic rings. The van der Waals surface area contributed by atoms with Crippen molar-refractivity contribution in [1.82, 2.24) is 0 Å². The zero-order valence-corrected chi connectivity index (χ0v) is 21.0. The molecule has 0 aliphatic heterocycles. The van der Waals surface area contributed by atoms with Crippen LogP contribution >= 0.6 is 0 Å². The van der Waals surface area contributed by atoms with Crippen LogP contribution in [0.25, 0.3) is 0 Å². The summed E-state index contributed by atoms with van der Waals surface area (Å²) < 4.78 is 0. The standard InChI is InChI=1S/C30H58/c1-3-5-7-9-11-13-15-17-19-21-23-25-27-29-30-28-26-24-22-20-18-16-14-12-10-8-6-4-2/h3-4H,1-2,5-30H2. The van der Waals surface area contributed by atoms with Gasteiger partial charge in [-0.2, -0.15) is 0 Å². The third-order valence-electron chi connectivity index (χ3n) is 6.57. The molecule has 0 amide bonds. The van der Waals surface area contributed by atoms with E-state index in [0.29, 0.717) is 0 Å². The predicted octanol–water partition coefficient (Wildman–Crippen LogP) is 11.5. The van der Waals surface area contributed by atoms with Crippen LogP contribution in [0.4, 0.5) is 0 Å². The minimum atomic E-state index is 1.21. The van der Waals surface area contributed by atoms with Crippen LogP contribution in [0.15, 0.2) is 25.3 Å². The second-order valence-corrected chi connectivity index (χ2v) is 9.64. The summed E-state index contributed by atoms with van der Waals surface area (Å²) in [6, 6.07) is 0. The molecule has 0 atom stereocenters. The fourth-order valence-corrected chi connectivity index (χ4v) is 4.47. The molecule has 178 valence electrons. The first-order valence-corrected chi connectivity index (χ1v) is 14.1. The molecule has 0 rings (SSSR count). The molecule has 0 bridgehead atoms. The van der Waals surface area contributed by atoms with E-state index in [1.807, 2.05) is 0 Å². The van der Waals surface area contributed by atoms with Gasteiger partial charge in [0.2, 0.25) is 0 Å². The quantitative estimate of drug-likeness (QED) is 0.0918. The van der Waals surface area contributed by atoms with Crippen LogP contribution in [0.1, 0.15) is 167 Å². The normalized spacial score (nSPS) is 11.1. The SMILES string of the molecule is C=CCCCCCCCCCCCCCCCCCCCCCCCCCCC=C. The third-order valence-corrected chi connectivity index (χ3v) is 6.57. The zero-order chi connectivity index (χ0) is 21.8. The minimum absolute atomic E-state index is 1.21. The first-order valence-electron chi connectivity index (χ1n) is 14.1. The highest BCUT2D eigenvalue weighted by Crippen LogP contribution is 2.15. The van der Waals surface area contributed by atoms with Gasteiger partial charge in [-0.25, -0.2) is 0 Å². The Hall–Kier alpha value is -0.520. The molecule has 0 aliphatic carbocycles. The lowest BCUT2D eigenvalue weighted by Gasteiger charge is -2.04. The summed E-state index contributed by atoms with van der Waals surface area (Å²) in [5.74, 6) is 0. The average Bonchev–Trinajstić information content (AvgIpc) is 2.76. The maximum Gasteiger partial charge on any atom is -0.0353 e. The zero-order valence-electron chi connectivity index (χ0n) is 21.0. The van der Waals surface area contributed by atoms with Crippen molar-refractivity contribution in [1.29, 1.82) is 0 Å². The van der Waals surface area contributed by atoms with E-state index in [1.54, 1.807) is 0 Å². The second kappa shape index (κ2) is 28.5. The summed E-state index contributed by atoms with van der Waals surface area (Å²) in [5.41, 5.74) is 0. The van der Waals surface area contributed by atoms with Gasteiger partial charge in [0.05, 0.1) is 0 Å². The summed E-state index contributed by atoms with van der Waals surface area (Å²) in [6.07, 6.45) is 41.4. The van der Waals surface area contributed by atoms with E-state index in [2.05, 4.69) is 25.3 Å². The molecule has 0 saturated carbocycles. The van der Waals surface area contributed by atoms with Gasteiger partial charge in [0.15, 0.2) is 0 Å². The van der Waals surface area contributed by atoms with Crippen molar-refractivity contribution in [2.75, 3.05) is 0 Å². The Labute approximate surface area is 192 Å². The van der Waals surface area contributed by atoms with Crippen molar-refractivity contribution in [3.05, 3.63) is 25.3 Å². The number of rotatable bonds is 27. The van der Waals surface area contributed by atoms with Gasteiger partial charge in [0, 0.05) is 0 Å². The van der Waals surface area contributed by atoms with Gasteiger partial charge >= 0.3 is 0 Å². The smallest absolute Gasteiger partial charge is 0.0353 e. The van der Waals surface area contributed by atoms with Gasteiger partial charge in [0.25, 0.3) is 0 Å². The Kier molecular flexibility index (Phi) is 28.0. The predicted molar refractivity (Wildman–Crippen MR) is 140 cm³/mol. The van der Waals surface area contributed by atoms with Crippen LogP contribution in [-0.2, 0) is 0 Å². The summed E-state index contributed by atoms with van der Waals surface area (Å²) in [6.45, 7) is 7.58. The molecular weight excluding hydrogens is 360 g/mol. The molecule has 0 unspecified atom stereocenters. The Bertz CT molecular complexity index is 284. The molecular formula is C30H58. The molecule has 30 heavy (non-hydrogen) atoms. The molecule has 0 nitrogen and oxygen atoms in total. The lowest BCUT2D eigenvalue weighted by atomic mass is 10.0. The van der Waals surface area contributed by atoms with Crippen LogP contribution in [0, 0.1) is 0 Å². The van der Waals surface area contributed by atoms with E-state index in [-0.39, 0.29) is 0 Å². The van der Waals surface area contributed by atoms with Crippen LogP contribution in [0.2, 0.25) is 0 Å². The Morgan fingerprint density at radius 3 is 0.500 bits per heavy atom. The van der Waals surface area contributed by atoms with Gasteiger partial charge in [-0.05, 0) is 25.7 Å². The van der Waals surface area contributed by atoms with E-state index in [0.717, 1.165) is 0 Å². The fourth-order valence-electron chi connectivity index (χ4n) is 4.47. The molecule has 0 aromatic rings. The topological polar surface area (TPSA) is 0 Å². The average molecular weight is 419 g/mol. The van der Waals surface area contributed by atoms with E-state index in [1.165, 1.54) is 167 Å². The molecule has 0 heteroatoms. The van der Waals surface area contributed by atoms with Crippen LogP contribution in [-0.4, -0.2) is 0 Å². The number of hydrogen-bond acceptors (Lipinski definition) is 0. The monoisotopic (exact) mass is 418 g/mol. The Balaban J connectivity index is 2.99. The highest BCUT2D eigenvalue weighted by Gasteiger charge is 1.96. The summed E-state index contributed by atoms with van der Waals surface area (Å²) in [4.78, 5) is 0. The summed E-state index contributed by atoms with van der Waals surface area (Å²) in [5, 5.41) is 0. The fraction of sp³-hybridized carbons (Fsp3) is 0.867. The first-order chi connectivity index (χ1) is 14.9. The summed E-state index contributed by atoms with van der Waals surface area (Å²) >= 11 is 0. The van der Waals surface area contributed by atoms with Crippen LogP contribution < -0.4 is 0 Å². The van der Waals surface area contributed by atoms with Crippen LogP contribution in [0.5, 0.6) is 0 Å². The molecule has 0 aromatic heterocycles. The van der Waals surface area contributed by atoms with E-state index in [4.69, 9.17) is 0 Å². The van der Waals surface area contributed by atoms with Gasteiger partial charge in [-0.3, -0.25) is 0 Å². The van der Waals surface area contributed by atoms with E-state index in [9.17, 15) is 0 Å².